The molecule has 0 amide bonds. The Labute approximate surface area is 199 Å². The van der Waals surface area contributed by atoms with Gasteiger partial charge in [0.15, 0.2) is 0 Å². The molecule has 9 heteroatoms. The van der Waals surface area contributed by atoms with Crippen LogP contribution in [0.1, 0.15) is 36.8 Å². The number of rotatable bonds is 11. The highest BCUT2D eigenvalue weighted by atomic mass is 32.2. The second-order valence-electron chi connectivity index (χ2n) is 9.23. The van der Waals surface area contributed by atoms with Gasteiger partial charge in [0.2, 0.25) is 10.0 Å². The summed E-state index contributed by atoms with van der Waals surface area (Å²) in [7, 11) is -3.76. The Balaban J connectivity index is 1.55. The molecule has 1 aliphatic heterocycles. The van der Waals surface area contributed by atoms with Crippen LogP contribution in [0, 0.1) is 18.7 Å². The van der Waals surface area contributed by atoms with Gasteiger partial charge in [-0.2, -0.15) is 0 Å². The summed E-state index contributed by atoms with van der Waals surface area (Å²) in [5, 5.41) is 8.71. The minimum Gasteiger partial charge on any atom is -0.480 e. The van der Waals surface area contributed by atoms with Crippen LogP contribution in [0.25, 0.3) is 0 Å². The van der Waals surface area contributed by atoms with Gasteiger partial charge in [-0.3, -0.25) is 0 Å². The molecule has 4 rings (SSSR count). The zero-order chi connectivity index (χ0) is 24.3. The molecule has 4 atom stereocenters. The van der Waals surface area contributed by atoms with Crippen molar-refractivity contribution in [2.75, 3.05) is 19.8 Å². The number of carboxylic acid groups (broad SMARTS) is 1. The van der Waals surface area contributed by atoms with Gasteiger partial charge in [0.05, 0.1) is 23.6 Å². The first-order valence-electron chi connectivity index (χ1n) is 11.5. The van der Waals surface area contributed by atoms with Crippen LogP contribution in [0.3, 0.4) is 0 Å². The lowest BCUT2D eigenvalue weighted by atomic mass is 9.70. The topological polar surface area (TPSA) is 102 Å². The predicted octanol–water partition coefficient (Wildman–Crippen LogP) is 3.41. The van der Waals surface area contributed by atoms with E-state index >= 15 is 0 Å². The molecule has 1 heterocycles. The zero-order valence-electron chi connectivity index (χ0n) is 19.1. The van der Waals surface area contributed by atoms with E-state index in [0.29, 0.717) is 32.5 Å². The Bertz CT molecular complexity index is 1110. The summed E-state index contributed by atoms with van der Waals surface area (Å²) in [4.78, 5) is 10.8. The third-order valence-corrected chi connectivity index (χ3v) is 8.46. The Morgan fingerprint density at radius 2 is 1.88 bits per heavy atom. The maximum Gasteiger partial charge on any atom is 0.329 e. The van der Waals surface area contributed by atoms with Crippen LogP contribution in [0.2, 0.25) is 0 Å². The Morgan fingerprint density at radius 3 is 2.56 bits per heavy atom. The highest BCUT2D eigenvalue weighted by Gasteiger charge is 2.60. The number of carboxylic acids is 1. The number of sulfonamides is 1. The lowest BCUT2D eigenvalue weighted by Crippen LogP contribution is -2.51. The summed E-state index contributed by atoms with van der Waals surface area (Å²) in [6, 6.07) is 12.7. The molecule has 0 radical (unpaired) electrons. The fourth-order valence-electron chi connectivity index (χ4n) is 5.33. The Kier molecular flexibility index (Phi) is 7.37. The molecular formula is C25H30FNO6S. The van der Waals surface area contributed by atoms with E-state index in [1.54, 1.807) is 36.4 Å². The maximum atomic E-state index is 13.6. The minimum atomic E-state index is -3.76. The molecule has 2 fully saturated rings. The number of benzene rings is 2. The van der Waals surface area contributed by atoms with Gasteiger partial charge in [0, 0.05) is 12.0 Å². The fourth-order valence-corrected chi connectivity index (χ4v) is 6.63. The molecule has 7 nitrogen and oxygen atoms in total. The van der Waals surface area contributed by atoms with Crippen molar-refractivity contribution in [1.29, 1.82) is 0 Å². The van der Waals surface area contributed by atoms with Crippen molar-refractivity contribution in [3.63, 3.8) is 0 Å². The summed E-state index contributed by atoms with van der Waals surface area (Å²) in [6.45, 7) is 2.34. The van der Waals surface area contributed by atoms with E-state index in [-0.39, 0.29) is 29.3 Å². The summed E-state index contributed by atoms with van der Waals surface area (Å²) in [5.74, 6) is -1.39. The molecule has 1 aliphatic carbocycles. The molecule has 0 spiro atoms. The van der Waals surface area contributed by atoms with Gasteiger partial charge in [0.1, 0.15) is 12.4 Å². The molecule has 2 bridgehead atoms. The highest BCUT2D eigenvalue weighted by Crippen LogP contribution is 2.54. The van der Waals surface area contributed by atoms with Gasteiger partial charge in [-0.25, -0.2) is 22.3 Å². The predicted molar refractivity (Wildman–Crippen MR) is 124 cm³/mol. The van der Waals surface area contributed by atoms with E-state index in [1.807, 2.05) is 6.92 Å². The summed E-state index contributed by atoms with van der Waals surface area (Å²) >= 11 is 0. The first-order chi connectivity index (χ1) is 16.2. The van der Waals surface area contributed by atoms with Crippen LogP contribution in [0.5, 0.6) is 0 Å². The molecule has 2 unspecified atom stereocenters. The molecule has 184 valence electrons. The maximum absolute atomic E-state index is 13.6. The Hall–Kier alpha value is -2.33. The van der Waals surface area contributed by atoms with Gasteiger partial charge in [-0.15, -0.1) is 0 Å². The van der Waals surface area contributed by atoms with Gasteiger partial charge in [-0.1, -0.05) is 36.2 Å². The van der Waals surface area contributed by atoms with Crippen LogP contribution in [-0.2, 0) is 29.7 Å². The fraction of sp³-hybridized carbons (Fsp3) is 0.480. The third kappa shape index (κ3) is 5.17. The van der Waals surface area contributed by atoms with Gasteiger partial charge < -0.3 is 14.6 Å². The number of carbonyl (C=O) groups is 1. The molecule has 34 heavy (non-hydrogen) atoms. The van der Waals surface area contributed by atoms with E-state index in [1.165, 1.54) is 12.1 Å². The molecule has 1 saturated heterocycles. The molecule has 2 aromatic carbocycles. The summed E-state index contributed by atoms with van der Waals surface area (Å²) < 4.78 is 54.1. The van der Waals surface area contributed by atoms with Crippen molar-refractivity contribution in [2.45, 2.75) is 55.1 Å². The molecule has 1 saturated carbocycles. The van der Waals surface area contributed by atoms with Gasteiger partial charge in [-0.05, 0) is 61.9 Å². The van der Waals surface area contributed by atoms with Crippen LogP contribution in [-0.4, -0.2) is 51.5 Å². The Morgan fingerprint density at radius 1 is 1.18 bits per heavy atom. The monoisotopic (exact) mass is 491 g/mol. The van der Waals surface area contributed by atoms with E-state index in [4.69, 9.17) is 14.6 Å². The largest absolute Gasteiger partial charge is 0.480 e. The molecule has 2 aliphatic rings. The average molecular weight is 492 g/mol. The number of aliphatic carboxylic acids is 1. The van der Waals surface area contributed by atoms with Crippen LogP contribution >= 0.6 is 0 Å². The zero-order valence-corrected chi connectivity index (χ0v) is 19.9. The van der Waals surface area contributed by atoms with E-state index in [2.05, 4.69) is 4.72 Å². The first-order valence-corrected chi connectivity index (χ1v) is 13.0. The number of halogens is 1. The number of nitrogens with one attached hydrogen (secondary N) is 1. The van der Waals surface area contributed by atoms with Crippen LogP contribution < -0.4 is 4.72 Å². The standard InChI is InChI=1S/C25H30FNO6S/c1-17-5-11-20(12-6-17)34(30,31)27-24-21(4-2-3-13-32-15-23(28)29)25(14-22(24)33-16-25)18-7-9-19(26)10-8-18/h5-12,21-22,24,27H,2-4,13-16H2,1H3,(H,28,29)/t21-,22?,24-,25?/m0/s1. The number of aryl methyl sites for hydroxylation is 1. The molecular weight excluding hydrogens is 461 g/mol. The normalized spacial score (nSPS) is 26.1. The minimum absolute atomic E-state index is 0.0589. The van der Waals surface area contributed by atoms with Crippen LogP contribution in [0.4, 0.5) is 4.39 Å². The SMILES string of the molecule is Cc1ccc(S(=O)(=O)N[C@@H]2C3CC(c4ccc(F)cc4)(CO3)[C@H]2CCCCOCC(=O)O)cc1. The number of unbranched alkanes of at least 4 members (excludes halogenated alkanes) is 1. The average Bonchev–Trinajstić information content (AvgIpc) is 3.35. The number of hydrogen-bond donors (Lipinski definition) is 2. The van der Waals surface area contributed by atoms with Crippen molar-refractivity contribution in [2.24, 2.45) is 5.92 Å². The summed E-state index contributed by atoms with van der Waals surface area (Å²) in [6.07, 6.45) is 2.47. The summed E-state index contributed by atoms with van der Waals surface area (Å²) in [5.41, 5.74) is 1.50. The van der Waals surface area contributed by atoms with E-state index in [0.717, 1.165) is 17.5 Å². The van der Waals surface area contributed by atoms with Crippen molar-refractivity contribution in [3.8, 4) is 0 Å². The second kappa shape index (κ2) is 10.1. The van der Waals surface area contributed by atoms with Gasteiger partial charge >= 0.3 is 5.97 Å². The van der Waals surface area contributed by atoms with Crippen LogP contribution in [0.15, 0.2) is 53.4 Å². The van der Waals surface area contributed by atoms with Gasteiger partial charge in [0.25, 0.3) is 0 Å². The third-order valence-electron chi connectivity index (χ3n) is 6.99. The second-order valence-corrected chi connectivity index (χ2v) is 10.9. The number of hydrogen-bond acceptors (Lipinski definition) is 5. The van der Waals surface area contributed by atoms with Crippen molar-refractivity contribution >= 4 is 16.0 Å². The highest BCUT2D eigenvalue weighted by molar-refractivity contribution is 7.89. The molecule has 2 N–H and O–H groups in total. The molecule has 2 aromatic rings. The lowest BCUT2D eigenvalue weighted by Gasteiger charge is -2.39. The van der Waals surface area contributed by atoms with Crippen molar-refractivity contribution in [1.82, 2.24) is 4.72 Å². The van der Waals surface area contributed by atoms with Crippen molar-refractivity contribution in [3.05, 3.63) is 65.5 Å². The van der Waals surface area contributed by atoms with E-state index in [9.17, 15) is 17.6 Å². The van der Waals surface area contributed by atoms with Crippen molar-refractivity contribution < 1.29 is 32.2 Å². The number of fused-ring (bicyclic) bond motifs is 2. The quantitative estimate of drug-likeness (QED) is 0.467. The van der Waals surface area contributed by atoms with E-state index < -0.39 is 27.4 Å². The molecule has 0 aromatic heterocycles. The lowest BCUT2D eigenvalue weighted by molar-refractivity contribution is -0.142. The smallest absolute Gasteiger partial charge is 0.329 e. The number of ether oxygens (including phenoxy) is 2. The first kappa shape index (κ1) is 24.8.